The molecule has 0 aliphatic heterocycles. The fourth-order valence-electron chi connectivity index (χ4n) is 1.09. The zero-order chi connectivity index (χ0) is 10.0. The van der Waals surface area contributed by atoms with Crippen molar-refractivity contribution in [1.29, 1.82) is 0 Å². The summed E-state index contributed by atoms with van der Waals surface area (Å²) in [6.45, 7) is 1.78. The van der Waals surface area contributed by atoms with Crippen LogP contribution in [0.2, 0.25) is 0 Å². The van der Waals surface area contributed by atoms with E-state index in [0.717, 1.165) is 0 Å². The molecule has 1 aromatic rings. The largest absolute Gasteiger partial charge is 0.324 e. The Balaban J connectivity index is 3.25. The average molecular weight is 250 g/mol. The van der Waals surface area contributed by atoms with Crippen LogP contribution in [0.25, 0.3) is 0 Å². The Kier molecular flexibility index (Phi) is 3.39. The average Bonchev–Trinajstić information content (AvgIpc) is 2.12. The Hall–Kier alpha value is -0.480. The Morgan fingerprint density at radius 2 is 2.08 bits per heavy atom. The van der Waals surface area contributed by atoms with E-state index in [1.165, 1.54) is 12.1 Å². The van der Waals surface area contributed by atoms with Gasteiger partial charge in [-0.25, -0.2) is 8.78 Å². The van der Waals surface area contributed by atoms with Gasteiger partial charge >= 0.3 is 0 Å². The van der Waals surface area contributed by atoms with E-state index in [9.17, 15) is 8.78 Å². The molecule has 0 spiro atoms. The highest BCUT2D eigenvalue weighted by Gasteiger charge is 2.17. The van der Waals surface area contributed by atoms with Gasteiger partial charge in [-0.3, -0.25) is 0 Å². The van der Waals surface area contributed by atoms with Crippen LogP contribution in [0.3, 0.4) is 0 Å². The summed E-state index contributed by atoms with van der Waals surface area (Å²) in [5.74, 6) is -1.19. The summed E-state index contributed by atoms with van der Waals surface area (Å²) in [6, 6.07) is 1.95. The molecular weight excluding hydrogens is 240 g/mol. The molecule has 1 aromatic carbocycles. The first-order valence-corrected chi connectivity index (χ1v) is 4.76. The van der Waals surface area contributed by atoms with Crippen molar-refractivity contribution in [2.24, 2.45) is 5.73 Å². The van der Waals surface area contributed by atoms with Gasteiger partial charge in [0.25, 0.3) is 0 Å². The second-order valence-electron chi connectivity index (χ2n) is 2.77. The van der Waals surface area contributed by atoms with Crippen LogP contribution in [-0.4, -0.2) is 0 Å². The number of halogens is 3. The predicted molar refractivity (Wildman–Crippen MR) is 51.3 cm³/mol. The molecule has 0 amide bonds. The third kappa shape index (κ3) is 2.06. The van der Waals surface area contributed by atoms with Gasteiger partial charge in [0.15, 0.2) is 0 Å². The molecule has 72 valence electrons. The number of nitrogens with two attached hydrogens (primary N) is 1. The lowest BCUT2D eigenvalue weighted by Gasteiger charge is -2.12. The zero-order valence-electron chi connectivity index (χ0n) is 7.15. The molecule has 0 aromatic heterocycles. The first kappa shape index (κ1) is 10.6. The quantitative estimate of drug-likeness (QED) is 0.801. The Morgan fingerprint density at radius 1 is 1.46 bits per heavy atom. The molecule has 0 saturated heterocycles. The van der Waals surface area contributed by atoms with Crippen LogP contribution in [-0.2, 0) is 0 Å². The fourth-order valence-corrected chi connectivity index (χ4v) is 1.43. The van der Waals surface area contributed by atoms with Crippen molar-refractivity contribution in [2.75, 3.05) is 0 Å². The van der Waals surface area contributed by atoms with E-state index in [2.05, 4.69) is 15.9 Å². The van der Waals surface area contributed by atoms with Gasteiger partial charge in [0.2, 0.25) is 0 Å². The lowest BCUT2D eigenvalue weighted by atomic mass is 10.0. The topological polar surface area (TPSA) is 26.0 Å². The van der Waals surface area contributed by atoms with Gasteiger partial charge in [-0.15, -0.1) is 0 Å². The Morgan fingerprint density at radius 3 is 2.62 bits per heavy atom. The van der Waals surface area contributed by atoms with Crippen molar-refractivity contribution in [2.45, 2.75) is 19.4 Å². The molecule has 0 unspecified atom stereocenters. The summed E-state index contributed by atoms with van der Waals surface area (Å²) in [6.07, 6.45) is 0.504. The van der Waals surface area contributed by atoms with Crippen molar-refractivity contribution in [3.05, 3.63) is 33.8 Å². The molecule has 0 aliphatic rings. The minimum absolute atomic E-state index is 0.0446. The maximum absolute atomic E-state index is 13.3. The van der Waals surface area contributed by atoms with Crippen molar-refractivity contribution in [1.82, 2.24) is 0 Å². The highest BCUT2D eigenvalue weighted by atomic mass is 79.9. The summed E-state index contributed by atoms with van der Waals surface area (Å²) in [5, 5.41) is 0. The van der Waals surface area contributed by atoms with Gasteiger partial charge in [-0.1, -0.05) is 6.92 Å². The van der Waals surface area contributed by atoms with Crippen molar-refractivity contribution >= 4 is 15.9 Å². The van der Waals surface area contributed by atoms with Gasteiger partial charge in [0.1, 0.15) is 11.6 Å². The third-order valence-electron chi connectivity index (χ3n) is 1.89. The lowest BCUT2D eigenvalue weighted by molar-refractivity contribution is 0.517. The first-order valence-electron chi connectivity index (χ1n) is 3.96. The summed E-state index contributed by atoms with van der Waals surface area (Å²) in [7, 11) is 0. The van der Waals surface area contributed by atoms with E-state index in [4.69, 9.17) is 5.73 Å². The second-order valence-corrected chi connectivity index (χ2v) is 3.63. The maximum Gasteiger partial charge on any atom is 0.145 e. The van der Waals surface area contributed by atoms with E-state index >= 15 is 0 Å². The monoisotopic (exact) mass is 249 g/mol. The normalized spacial score (nSPS) is 13.0. The molecule has 0 radical (unpaired) electrons. The van der Waals surface area contributed by atoms with E-state index in [1.54, 1.807) is 6.92 Å². The molecule has 0 bridgehead atoms. The standard InChI is InChI=1S/C9H10BrF2N/c1-2-7(13)8-6(11)4-3-5(10)9(8)12/h3-4,7H,2,13H2,1H3/t7-/m1/s1. The Labute approximate surface area is 84.1 Å². The second kappa shape index (κ2) is 4.15. The molecule has 0 heterocycles. The fraction of sp³-hybridized carbons (Fsp3) is 0.333. The molecule has 0 aliphatic carbocycles. The van der Waals surface area contributed by atoms with E-state index in [-0.39, 0.29) is 10.0 Å². The van der Waals surface area contributed by atoms with Crippen LogP contribution < -0.4 is 5.73 Å². The molecular formula is C9H10BrF2N. The van der Waals surface area contributed by atoms with Crippen LogP contribution in [0.15, 0.2) is 16.6 Å². The highest BCUT2D eigenvalue weighted by Crippen LogP contribution is 2.26. The van der Waals surface area contributed by atoms with Crippen molar-refractivity contribution < 1.29 is 8.78 Å². The van der Waals surface area contributed by atoms with Crippen LogP contribution in [0.1, 0.15) is 24.9 Å². The van der Waals surface area contributed by atoms with Gasteiger partial charge < -0.3 is 5.73 Å². The molecule has 13 heavy (non-hydrogen) atoms. The van der Waals surface area contributed by atoms with E-state index in [1.807, 2.05) is 0 Å². The maximum atomic E-state index is 13.3. The molecule has 4 heteroatoms. The van der Waals surface area contributed by atoms with Gasteiger partial charge in [-0.05, 0) is 34.5 Å². The summed E-state index contributed by atoms with van der Waals surface area (Å²) >= 11 is 2.98. The third-order valence-corrected chi connectivity index (χ3v) is 2.50. The lowest BCUT2D eigenvalue weighted by Crippen LogP contribution is -2.13. The van der Waals surface area contributed by atoms with Gasteiger partial charge in [0, 0.05) is 11.6 Å². The van der Waals surface area contributed by atoms with Crippen molar-refractivity contribution in [3.63, 3.8) is 0 Å². The van der Waals surface area contributed by atoms with Crippen LogP contribution in [0.5, 0.6) is 0 Å². The van der Waals surface area contributed by atoms with Gasteiger partial charge in [-0.2, -0.15) is 0 Å². The summed E-state index contributed by atoms with van der Waals surface area (Å²) in [4.78, 5) is 0. The number of hydrogen-bond acceptors (Lipinski definition) is 1. The molecule has 0 fully saturated rings. The number of benzene rings is 1. The highest BCUT2D eigenvalue weighted by molar-refractivity contribution is 9.10. The molecule has 2 N–H and O–H groups in total. The van der Waals surface area contributed by atoms with Crippen molar-refractivity contribution in [3.8, 4) is 0 Å². The zero-order valence-corrected chi connectivity index (χ0v) is 8.74. The molecule has 1 atom stereocenters. The molecule has 0 saturated carbocycles. The van der Waals surface area contributed by atoms with Crippen LogP contribution in [0.4, 0.5) is 8.78 Å². The summed E-state index contributed by atoms with van der Waals surface area (Å²) in [5.41, 5.74) is 5.52. The number of rotatable bonds is 2. The molecule has 1 nitrogen and oxygen atoms in total. The molecule has 1 rings (SSSR count). The van der Waals surface area contributed by atoms with Gasteiger partial charge in [0.05, 0.1) is 4.47 Å². The van der Waals surface area contributed by atoms with Crippen LogP contribution in [0, 0.1) is 11.6 Å². The van der Waals surface area contributed by atoms with E-state index in [0.29, 0.717) is 6.42 Å². The number of hydrogen-bond donors (Lipinski definition) is 1. The Bertz CT molecular complexity index is 315. The first-order chi connectivity index (χ1) is 6.07. The van der Waals surface area contributed by atoms with E-state index < -0.39 is 17.7 Å². The summed E-state index contributed by atoms with van der Waals surface area (Å²) < 4.78 is 26.7. The predicted octanol–water partition coefficient (Wildman–Crippen LogP) is 3.14. The minimum Gasteiger partial charge on any atom is -0.324 e. The van der Waals surface area contributed by atoms with Crippen LogP contribution >= 0.6 is 15.9 Å². The SMILES string of the molecule is CC[C@@H](N)c1c(F)ccc(Br)c1F. The minimum atomic E-state index is -0.602. The smallest absolute Gasteiger partial charge is 0.145 e.